The van der Waals surface area contributed by atoms with Gasteiger partial charge in [-0.25, -0.2) is 0 Å². The molecule has 1 saturated carbocycles. The standard InChI is InChI=1S/C10H20N2O2/c1-10(2,11)9(14)12-7-3-5-8(13)6-4-7/h7-8,13H,3-6,11H2,1-2H3,(H,12,14). The van der Waals surface area contributed by atoms with Gasteiger partial charge in [0.05, 0.1) is 11.6 Å². The van der Waals surface area contributed by atoms with Gasteiger partial charge < -0.3 is 16.2 Å². The highest BCUT2D eigenvalue weighted by Gasteiger charge is 2.26. The van der Waals surface area contributed by atoms with Crippen LogP contribution >= 0.6 is 0 Å². The summed E-state index contributed by atoms with van der Waals surface area (Å²) in [4.78, 5) is 11.5. The summed E-state index contributed by atoms with van der Waals surface area (Å²) < 4.78 is 0. The molecule has 4 N–H and O–H groups in total. The molecule has 0 aromatic rings. The Hall–Kier alpha value is -0.610. The quantitative estimate of drug-likeness (QED) is 0.593. The lowest BCUT2D eigenvalue weighted by molar-refractivity contribution is -0.126. The SMILES string of the molecule is CC(C)(N)C(=O)NC1CCC(O)CC1. The lowest BCUT2D eigenvalue weighted by Gasteiger charge is -2.29. The van der Waals surface area contributed by atoms with Crippen LogP contribution in [-0.2, 0) is 4.79 Å². The zero-order chi connectivity index (χ0) is 10.8. The van der Waals surface area contributed by atoms with Gasteiger partial charge in [0.25, 0.3) is 0 Å². The third-order valence-corrected chi connectivity index (χ3v) is 2.62. The van der Waals surface area contributed by atoms with Crippen LogP contribution in [0.15, 0.2) is 0 Å². The summed E-state index contributed by atoms with van der Waals surface area (Å²) in [6.45, 7) is 3.39. The van der Waals surface area contributed by atoms with Gasteiger partial charge in [0.15, 0.2) is 0 Å². The molecule has 0 unspecified atom stereocenters. The van der Waals surface area contributed by atoms with Gasteiger partial charge in [-0.05, 0) is 39.5 Å². The Bertz CT molecular complexity index is 203. The fraction of sp³-hybridized carbons (Fsp3) is 0.900. The average molecular weight is 200 g/mol. The van der Waals surface area contributed by atoms with Crippen molar-refractivity contribution in [2.45, 2.75) is 57.2 Å². The minimum atomic E-state index is -0.809. The largest absolute Gasteiger partial charge is 0.393 e. The van der Waals surface area contributed by atoms with Crippen LogP contribution in [-0.4, -0.2) is 28.7 Å². The molecule has 82 valence electrons. The molecule has 0 aromatic carbocycles. The van der Waals surface area contributed by atoms with Crippen LogP contribution in [0.3, 0.4) is 0 Å². The number of rotatable bonds is 2. The Morgan fingerprint density at radius 2 is 1.86 bits per heavy atom. The van der Waals surface area contributed by atoms with Crippen molar-refractivity contribution in [3.63, 3.8) is 0 Å². The number of aliphatic hydroxyl groups is 1. The molecule has 0 aliphatic heterocycles. The van der Waals surface area contributed by atoms with E-state index in [1.165, 1.54) is 0 Å². The van der Waals surface area contributed by atoms with Crippen molar-refractivity contribution in [1.82, 2.24) is 5.32 Å². The molecule has 1 rings (SSSR count). The van der Waals surface area contributed by atoms with Gasteiger partial charge in [-0.1, -0.05) is 0 Å². The molecule has 1 fully saturated rings. The van der Waals surface area contributed by atoms with Crippen molar-refractivity contribution < 1.29 is 9.90 Å². The van der Waals surface area contributed by atoms with Crippen molar-refractivity contribution in [2.75, 3.05) is 0 Å². The highest BCUT2D eigenvalue weighted by atomic mass is 16.3. The van der Waals surface area contributed by atoms with Crippen LogP contribution in [0.2, 0.25) is 0 Å². The molecular weight excluding hydrogens is 180 g/mol. The monoisotopic (exact) mass is 200 g/mol. The van der Waals surface area contributed by atoms with Crippen molar-refractivity contribution in [3.8, 4) is 0 Å². The number of nitrogens with one attached hydrogen (secondary N) is 1. The number of aliphatic hydroxyl groups excluding tert-OH is 1. The fourth-order valence-electron chi connectivity index (χ4n) is 1.59. The van der Waals surface area contributed by atoms with E-state index in [9.17, 15) is 9.90 Å². The number of hydrogen-bond acceptors (Lipinski definition) is 3. The van der Waals surface area contributed by atoms with Crippen LogP contribution in [0, 0.1) is 0 Å². The second-order valence-electron chi connectivity index (χ2n) is 4.70. The summed E-state index contributed by atoms with van der Waals surface area (Å²) in [6.07, 6.45) is 3.06. The van der Waals surface area contributed by atoms with Crippen LogP contribution in [0.5, 0.6) is 0 Å². The summed E-state index contributed by atoms with van der Waals surface area (Å²) in [5.74, 6) is -0.112. The normalized spacial score (nSPS) is 28.6. The second kappa shape index (κ2) is 4.28. The van der Waals surface area contributed by atoms with Gasteiger partial charge >= 0.3 is 0 Å². The molecule has 0 bridgehead atoms. The number of nitrogens with two attached hydrogens (primary N) is 1. The lowest BCUT2D eigenvalue weighted by atomic mass is 9.92. The van der Waals surface area contributed by atoms with Crippen LogP contribution in [0.1, 0.15) is 39.5 Å². The van der Waals surface area contributed by atoms with Crippen molar-refractivity contribution in [3.05, 3.63) is 0 Å². The highest BCUT2D eigenvalue weighted by molar-refractivity contribution is 5.85. The van der Waals surface area contributed by atoms with Gasteiger partial charge in [-0.15, -0.1) is 0 Å². The molecule has 14 heavy (non-hydrogen) atoms. The van der Waals surface area contributed by atoms with E-state index in [0.717, 1.165) is 25.7 Å². The molecule has 0 heterocycles. The van der Waals surface area contributed by atoms with E-state index in [0.29, 0.717) is 0 Å². The summed E-state index contributed by atoms with van der Waals surface area (Å²) in [5, 5.41) is 12.2. The Morgan fingerprint density at radius 1 is 1.36 bits per heavy atom. The Morgan fingerprint density at radius 3 is 2.29 bits per heavy atom. The molecule has 4 heteroatoms. The predicted octanol–water partition coefficient (Wildman–Crippen LogP) is 0.143. The first-order chi connectivity index (χ1) is 6.39. The van der Waals surface area contributed by atoms with E-state index in [1.807, 2.05) is 0 Å². The lowest BCUT2D eigenvalue weighted by Crippen LogP contribution is -2.52. The molecule has 0 saturated heterocycles. The molecule has 0 atom stereocenters. The summed E-state index contributed by atoms with van der Waals surface area (Å²) in [7, 11) is 0. The fourth-order valence-corrected chi connectivity index (χ4v) is 1.59. The van der Waals surface area contributed by atoms with E-state index < -0.39 is 5.54 Å². The zero-order valence-corrected chi connectivity index (χ0v) is 8.92. The summed E-state index contributed by atoms with van der Waals surface area (Å²) in [6, 6.07) is 0.189. The number of carbonyl (C=O) groups excluding carboxylic acids is 1. The molecule has 1 aliphatic rings. The van der Waals surface area contributed by atoms with E-state index in [-0.39, 0.29) is 18.1 Å². The van der Waals surface area contributed by atoms with Crippen LogP contribution in [0.4, 0.5) is 0 Å². The van der Waals surface area contributed by atoms with Crippen molar-refractivity contribution in [1.29, 1.82) is 0 Å². The number of amides is 1. The minimum absolute atomic E-state index is 0.112. The van der Waals surface area contributed by atoms with Gasteiger partial charge in [-0.2, -0.15) is 0 Å². The number of hydrogen-bond donors (Lipinski definition) is 3. The minimum Gasteiger partial charge on any atom is -0.393 e. The predicted molar refractivity (Wildman–Crippen MR) is 54.7 cm³/mol. The van der Waals surface area contributed by atoms with E-state index in [2.05, 4.69) is 5.32 Å². The molecule has 0 spiro atoms. The second-order valence-corrected chi connectivity index (χ2v) is 4.70. The Kier molecular flexibility index (Phi) is 3.50. The van der Waals surface area contributed by atoms with Gasteiger partial charge in [0.2, 0.25) is 5.91 Å². The third kappa shape index (κ3) is 3.27. The molecule has 0 radical (unpaired) electrons. The number of carbonyl (C=O) groups is 1. The Balaban J connectivity index is 2.35. The van der Waals surface area contributed by atoms with Crippen LogP contribution < -0.4 is 11.1 Å². The topological polar surface area (TPSA) is 75.4 Å². The van der Waals surface area contributed by atoms with Crippen LogP contribution in [0.25, 0.3) is 0 Å². The van der Waals surface area contributed by atoms with Crippen molar-refractivity contribution in [2.24, 2.45) is 5.73 Å². The molecule has 4 nitrogen and oxygen atoms in total. The van der Waals surface area contributed by atoms with E-state index in [4.69, 9.17) is 5.73 Å². The maximum Gasteiger partial charge on any atom is 0.239 e. The molecule has 1 amide bonds. The van der Waals surface area contributed by atoms with Gasteiger partial charge in [0.1, 0.15) is 0 Å². The average Bonchev–Trinajstić information content (AvgIpc) is 2.07. The first kappa shape index (κ1) is 11.5. The molecule has 1 aliphatic carbocycles. The van der Waals surface area contributed by atoms with Gasteiger partial charge in [0, 0.05) is 6.04 Å². The molecular formula is C10H20N2O2. The van der Waals surface area contributed by atoms with Crippen molar-refractivity contribution >= 4 is 5.91 Å². The zero-order valence-electron chi connectivity index (χ0n) is 8.92. The maximum absolute atomic E-state index is 11.5. The first-order valence-corrected chi connectivity index (χ1v) is 5.17. The van der Waals surface area contributed by atoms with E-state index in [1.54, 1.807) is 13.8 Å². The third-order valence-electron chi connectivity index (χ3n) is 2.62. The smallest absolute Gasteiger partial charge is 0.239 e. The Labute approximate surface area is 84.9 Å². The first-order valence-electron chi connectivity index (χ1n) is 5.17. The maximum atomic E-state index is 11.5. The highest BCUT2D eigenvalue weighted by Crippen LogP contribution is 2.18. The van der Waals surface area contributed by atoms with E-state index >= 15 is 0 Å². The van der Waals surface area contributed by atoms with Gasteiger partial charge in [-0.3, -0.25) is 4.79 Å². The molecule has 0 aromatic heterocycles. The summed E-state index contributed by atoms with van der Waals surface area (Å²) in [5.41, 5.74) is 4.85. The summed E-state index contributed by atoms with van der Waals surface area (Å²) >= 11 is 0.